The first-order chi connectivity index (χ1) is 9.31. The van der Waals surface area contributed by atoms with E-state index >= 15 is 0 Å². The Hall–Kier alpha value is -1.78. The summed E-state index contributed by atoms with van der Waals surface area (Å²) in [4.78, 5) is 14.8. The fraction of sp³-hybridized carbons (Fsp3) is 0.133. The third-order valence-corrected chi connectivity index (χ3v) is 3.95. The lowest BCUT2D eigenvalue weighted by Crippen LogP contribution is -2.07. The normalized spacial score (nSPS) is 10.4. The zero-order valence-corrected chi connectivity index (χ0v) is 11.0. The number of hydrogen-bond acceptors (Lipinski definition) is 4. The summed E-state index contributed by atoms with van der Waals surface area (Å²) in [6, 6.07) is 19.9. The third-order valence-electron chi connectivity index (χ3n) is 2.67. The van der Waals surface area contributed by atoms with Crippen molar-refractivity contribution in [3.05, 3.63) is 71.8 Å². The van der Waals surface area contributed by atoms with Crippen LogP contribution in [0.25, 0.3) is 0 Å². The van der Waals surface area contributed by atoms with Crippen LogP contribution in [0, 0.1) is 0 Å². The summed E-state index contributed by atoms with van der Waals surface area (Å²) in [5.41, 5.74) is 2.23. The summed E-state index contributed by atoms with van der Waals surface area (Å²) in [7, 11) is 0. The molecule has 1 N–H and O–H groups in total. The first kappa shape index (κ1) is 13.6. The van der Waals surface area contributed by atoms with Gasteiger partial charge in [0.1, 0.15) is 0 Å². The van der Waals surface area contributed by atoms with E-state index in [2.05, 4.69) is 4.89 Å². The summed E-state index contributed by atoms with van der Waals surface area (Å²) in [6.45, 7) is 0. The molecule has 2 aromatic rings. The molecule has 0 atom stereocenters. The van der Waals surface area contributed by atoms with Crippen LogP contribution in [0.3, 0.4) is 0 Å². The molecular weight excluding hydrogens is 260 g/mol. The Morgan fingerprint density at radius 3 is 1.89 bits per heavy atom. The van der Waals surface area contributed by atoms with Crippen molar-refractivity contribution >= 4 is 17.7 Å². The Labute approximate surface area is 116 Å². The highest BCUT2D eigenvalue weighted by atomic mass is 32.2. The minimum Gasteiger partial charge on any atom is -0.300 e. The van der Waals surface area contributed by atoms with Crippen LogP contribution in [0.5, 0.6) is 0 Å². The van der Waals surface area contributed by atoms with Crippen LogP contribution < -0.4 is 0 Å². The highest BCUT2D eigenvalue weighted by Crippen LogP contribution is 2.35. The van der Waals surface area contributed by atoms with Crippen molar-refractivity contribution in [3.8, 4) is 0 Å². The van der Waals surface area contributed by atoms with Gasteiger partial charge in [-0.25, -0.2) is 4.79 Å². The number of carbonyl (C=O) groups excluding carboxylic acids is 1. The van der Waals surface area contributed by atoms with Gasteiger partial charge in [-0.15, -0.1) is 11.8 Å². The SMILES string of the molecule is O=C(CSC(c1ccccc1)c1ccccc1)OO. The van der Waals surface area contributed by atoms with Crippen molar-refractivity contribution in [1.29, 1.82) is 0 Å². The molecule has 0 aliphatic carbocycles. The van der Waals surface area contributed by atoms with Gasteiger partial charge in [0.15, 0.2) is 0 Å². The second kappa shape index (κ2) is 6.97. The molecular formula is C15H14O3S. The molecule has 4 heteroatoms. The average molecular weight is 274 g/mol. The molecule has 0 amide bonds. The van der Waals surface area contributed by atoms with Gasteiger partial charge in [-0.1, -0.05) is 60.7 Å². The summed E-state index contributed by atoms with van der Waals surface area (Å²) < 4.78 is 0. The monoisotopic (exact) mass is 274 g/mol. The molecule has 0 aliphatic rings. The van der Waals surface area contributed by atoms with Crippen LogP contribution in [0.1, 0.15) is 16.4 Å². The number of rotatable bonds is 5. The first-order valence-electron chi connectivity index (χ1n) is 5.87. The van der Waals surface area contributed by atoms with Gasteiger partial charge in [0.25, 0.3) is 0 Å². The quantitative estimate of drug-likeness (QED) is 0.669. The number of carbonyl (C=O) groups is 1. The number of thioether (sulfide) groups is 1. The lowest BCUT2D eigenvalue weighted by Gasteiger charge is -2.16. The standard InChI is InChI=1S/C15H14O3S/c16-14(18-17)11-19-15(12-7-3-1-4-8-12)13-9-5-2-6-10-13/h1-10,15,17H,11H2. The molecule has 0 unspecified atom stereocenters. The van der Waals surface area contributed by atoms with Gasteiger partial charge >= 0.3 is 5.97 Å². The minimum atomic E-state index is -0.637. The molecule has 3 nitrogen and oxygen atoms in total. The highest BCUT2D eigenvalue weighted by Gasteiger charge is 2.16. The zero-order chi connectivity index (χ0) is 13.5. The van der Waals surface area contributed by atoms with Crippen molar-refractivity contribution in [3.63, 3.8) is 0 Å². The van der Waals surface area contributed by atoms with E-state index < -0.39 is 5.97 Å². The Balaban J connectivity index is 2.21. The van der Waals surface area contributed by atoms with Gasteiger partial charge in [-0.05, 0) is 11.1 Å². The molecule has 2 aromatic carbocycles. The predicted octanol–water partition coefficient (Wildman–Crippen LogP) is 3.53. The van der Waals surface area contributed by atoms with Crippen LogP contribution in [-0.4, -0.2) is 17.0 Å². The van der Waals surface area contributed by atoms with E-state index in [1.54, 1.807) is 0 Å². The largest absolute Gasteiger partial charge is 0.351 e. The second-order valence-corrected chi connectivity index (χ2v) is 5.07. The maximum absolute atomic E-state index is 11.1. The van der Waals surface area contributed by atoms with Gasteiger partial charge in [-0.2, -0.15) is 5.26 Å². The Kier molecular flexibility index (Phi) is 5.01. The highest BCUT2D eigenvalue weighted by molar-refractivity contribution is 8.00. The lowest BCUT2D eigenvalue weighted by atomic mass is 10.0. The summed E-state index contributed by atoms with van der Waals surface area (Å²) >= 11 is 1.43. The maximum atomic E-state index is 11.1. The molecule has 98 valence electrons. The van der Waals surface area contributed by atoms with Crippen LogP contribution in [0.15, 0.2) is 60.7 Å². The average Bonchev–Trinajstić information content (AvgIpc) is 2.49. The molecule has 0 heterocycles. The first-order valence-corrected chi connectivity index (χ1v) is 6.92. The molecule has 0 saturated heterocycles. The Morgan fingerprint density at radius 1 is 1.00 bits per heavy atom. The molecule has 0 bridgehead atoms. The van der Waals surface area contributed by atoms with E-state index in [0.29, 0.717) is 0 Å². The molecule has 0 aliphatic heterocycles. The van der Waals surface area contributed by atoms with E-state index in [9.17, 15) is 4.79 Å². The van der Waals surface area contributed by atoms with E-state index in [1.165, 1.54) is 11.8 Å². The van der Waals surface area contributed by atoms with E-state index in [4.69, 9.17) is 5.26 Å². The molecule has 0 saturated carbocycles. The maximum Gasteiger partial charge on any atom is 0.351 e. The van der Waals surface area contributed by atoms with Crippen molar-refractivity contribution < 1.29 is 14.9 Å². The summed E-state index contributed by atoms with van der Waals surface area (Å²) in [5.74, 6) is -0.535. The van der Waals surface area contributed by atoms with Crippen molar-refractivity contribution in [2.75, 3.05) is 5.75 Å². The summed E-state index contributed by atoms with van der Waals surface area (Å²) in [5, 5.41) is 8.37. The molecule has 0 radical (unpaired) electrons. The van der Waals surface area contributed by atoms with Gasteiger partial charge in [0, 0.05) is 0 Å². The zero-order valence-electron chi connectivity index (χ0n) is 10.2. The molecule has 0 aromatic heterocycles. The van der Waals surface area contributed by atoms with Gasteiger partial charge in [-0.3, -0.25) is 0 Å². The number of benzene rings is 2. The van der Waals surface area contributed by atoms with Crippen LogP contribution in [-0.2, 0) is 9.68 Å². The third kappa shape index (κ3) is 3.84. The molecule has 0 fully saturated rings. The van der Waals surface area contributed by atoms with Crippen LogP contribution in [0.2, 0.25) is 0 Å². The van der Waals surface area contributed by atoms with Crippen molar-refractivity contribution in [2.24, 2.45) is 0 Å². The second-order valence-electron chi connectivity index (χ2n) is 3.98. The van der Waals surface area contributed by atoms with E-state index in [0.717, 1.165) is 11.1 Å². The van der Waals surface area contributed by atoms with Gasteiger partial charge < -0.3 is 4.89 Å². The van der Waals surface area contributed by atoms with Crippen LogP contribution >= 0.6 is 11.8 Å². The fourth-order valence-electron chi connectivity index (χ4n) is 1.82. The Bertz CT molecular complexity index is 474. The predicted molar refractivity (Wildman–Crippen MR) is 75.9 cm³/mol. The smallest absolute Gasteiger partial charge is 0.300 e. The Morgan fingerprint density at radius 2 is 1.47 bits per heavy atom. The van der Waals surface area contributed by atoms with E-state index in [-0.39, 0.29) is 11.0 Å². The number of hydrogen-bond donors (Lipinski definition) is 1. The molecule has 19 heavy (non-hydrogen) atoms. The molecule has 2 rings (SSSR count). The topological polar surface area (TPSA) is 46.5 Å². The minimum absolute atomic E-state index is 0.0431. The molecule has 0 spiro atoms. The van der Waals surface area contributed by atoms with Gasteiger partial charge in [0.05, 0.1) is 11.0 Å². The van der Waals surface area contributed by atoms with Crippen LogP contribution in [0.4, 0.5) is 0 Å². The lowest BCUT2D eigenvalue weighted by molar-refractivity contribution is -0.230. The van der Waals surface area contributed by atoms with Crippen molar-refractivity contribution in [2.45, 2.75) is 5.25 Å². The fourth-order valence-corrected chi connectivity index (χ4v) is 2.87. The van der Waals surface area contributed by atoms with E-state index in [1.807, 2.05) is 60.7 Å². The van der Waals surface area contributed by atoms with Crippen molar-refractivity contribution in [1.82, 2.24) is 0 Å². The van der Waals surface area contributed by atoms with Gasteiger partial charge in [0.2, 0.25) is 0 Å². The summed E-state index contributed by atoms with van der Waals surface area (Å²) in [6.07, 6.45) is 0.